The van der Waals surface area contributed by atoms with Gasteiger partial charge in [-0.1, -0.05) is 36.6 Å². The highest BCUT2D eigenvalue weighted by molar-refractivity contribution is 8.02. The molecule has 7 nitrogen and oxygen atoms in total. The molecule has 4 rings (SSSR count). The second kappa shape index (κ2) is 10.3. The number of aryl methyl sites for hydroxylation is 1. The molecule has 1 aromatic carbocycles. The van der Waals surface area contributed by atoms with E-state index in [4.69, 9.17) is 21.4 Å². The van der Waals surface area contributed by atoms with Gasteiger partial charge in [0.05, 0.1) is 33.9 Å². The van der Waals surface area contributed by atoms with Gasteiger partial charge in [0.1, 0.15) is 6.04 Å². The molecule has 0 aliphatic carbocycles. The highest BCUT2D eigenvalue weighted by atomic mass is 35.5. The van der Waals surface area contributed by atoms with Gasteiger partial charge in [-0.05, 0) is 58.1 Å². The van der Waals surface area contributed by atoms with Crippen molar-refractivity contribution < 1.29 is 24.2 Å². The standard InChI is InChI=1S/C26H35ClN2O5S/c1-4-34-24(33)19-18-23(32)29(14-7-5-6-8-15-30)21(26(18)13-12-25(19,3)35-26)22(31)28-20-16(2)10-9-11-17(20)27/h9-11,18-19,21,30H,4-8,12-15H2,1-3H3,(H,28,31)/t18-,19-,21?,25+,26?/m0/s1. The minimum absolute atomic E-state index is 0.128. The van der Waals surface area contributed by atoms with Crippen LogP contribution < -0.4 is 5.32 Å². The molecule has 2 unspecified atom stereocenters. The van der Waals surface area contributed by atoms with Gasteiger partial charge in [0.25, 0.3) is 0 Å². The Morgan fingerprint density at radius 1 is 1.26 bits per heavy atom. The van der Waals surface area contributed by atoms with E-state index in [-0.39, 0.29) is 31.0 Å². The first-order valence-corrected chi connectivity index (χ1v) is 13.7. The summed E-state index contributed by atoms with van der Waals surface area (Å²) in [5.41, 5.74) is 1.40. The number of nitrogens with one attached hydrogen (secondary N) is 1. The van der Waals surface area contributed by atoms with Gasteiger partial charge in [-0.2, -0.15) is 0 Å². The second-order valence-electron chi connectivity index (χ2n) is 10.1. The fraction of sp³-hybridized carbons (Fsp3) is 0.654. The molecule has 0 aromatic heterocycles. The molecule has 1 spiro atoms. The van der Waals surface area contributed by atoms with Crippen LogP contribution in [0.1, 0.15) is 57.9 Å². The van der Waals surface area contributed by atoms with Gasteiger partial charge in [-0.3, -0.25) is 14.4 Å². The predicted octanol–water partition coefficient (Wildman–Crippen LogP) is 4.18. The molecule has 9 heteroatoms. The molecule has 3 fully saturated rings. The van der Waals surface area contributed by atoms with E-state index in [1.807, 2.05) is 26.0 Å². The summed E-state index contributed by atoms with van der Waals surface area (Å²) in [4.78, 5) is 42.6. The molecule has 5 atom stereocenters. The van der Waals surface area contributed by atoms with Crippen molar-refractivity contribution >= 4 is 46.8 Å². The van der Waals surface area contributed by atoms with Crippen LogP contribution >= 0.6 is 23.4 Å². The Kier molecular flexibility index (Phi) is 7.74. The van der Waals surface area contributed by atoms with Crippen molar-refractivity contribution in [3.05, 3.63) is 28.8 Å². The lowest BCUT2D eigenvalue weighted by atomic mass is 9.66. The molecule has 2 bridgehead atoms. The molecule has 0 radical (unpaired) electrons. The summed E-state index contributed by atoms with van der Waals surface area (Å²) in [5.74, 6) is -1.87. The lowest BCUT2D eigenvalue weighted by Crippen LogP contribution is -2.51. The molecular formula is C26H35ClN2O5S. The zero-order valence-corrected chi connectivity index (χ0v) is 22.2. The van der Waals surface area contributed by atoms with E-state index < -0.39 is 27.4 Å². The first-order valence-electron chi connectivity index (χ1n) is 12.5. The van der Waals surface area contributed by atoms with Crippen LogP contribution in [-0.4, -0.2) is 63.1 Å². The van der Waals surface area contributed by atoms with Crippen LogP contribution in [0.25, 0.3) is 0 Å². The van der Waals surface area contributed by atoms with Gasteiger partial charge in [-0.25, -0.2) is 0 Å². The van der Waals surface area contributed by atoms with E-state index in [0.29, 0.717) is 23.7 Å². The number of hydrogen-bond donors (Lipinski definition) is 2. The third kappa shape index (κ3) is 4.46. The number of benzene rings is 1. The number of esters is 1. The Morgan fingerprint density at radius 3 is 2.69 bits per heavy atom. The van der Waals surface area contributed by atoms with Crippen molar-refractivity contribution in [3.8, 4) is 0 Å². The first kappa shape index (κ1) is 26.3. The molecule has 2 amide bonds. The summed E-state index contributed by atoms with van der Waals surface area (Å²) >= 11 is 8.04. The number of anilines is 1. The number of carbonyl (C=O) groups excluding carboxylic acids is 3. The number of aliphatic hydroxyl groups excluding tert-OH is 1. The summed E-state index contributed by atoms with van der Waals surface area (Å²) in [5, 5.41) is 12.5. The van der Waals surface area contributed by atoms with Gasteiger partial charge >= 0.3 is 5.97 Å². The Labute approximate surface area is 216 Å². The number of unbranched alkanes of at least 4 members (excludes halogenated alkanes) is 3. The van der Waals surface area contributed by atoms with Crippen LogP contribution in [0.2, 0.25) is 5.02 Å². The molecule has 3 heterocycles. The van der Waals surface area contributed by atoms with E-state index in [2.05, 4.69) is 5.32 Å². The minimum Gasteiger partial charge on any atom is -0.466 e. The number of nitrogens with zero attached hydrogens (tertiary/aromatic N) is 1. The first-order chi connectivity index (χ1) is 16.7. The van der Waals surface area contributed by atoms with E-state index in [1.165, 1.54) is 0 Å². The summed E-state index contributed by atoms with van der Waals surface area (Å²) in [6.07, 6.45) is 4.61. The lowest BCUT2D eigenvalue weighted by molar-refractivity contribution is -0.155. The number of amides is 2. The molecule has 3 aliphatic rings. The van der Waals surface area contributed by atoms with Crippen molar-refractivity contribution in [2.45, 2.75) is 74.8 Å². The average Bonchev–Trinajstić information content (AvgIpc) is 3.37. The Hall–Kier alpha value is -1.77. The van der Waals surface area contributed by atoms with Crippen molar-refractivity contribution in [1.82, 2.24) is 4.90 Å². The molecular weight excluding hydrogens is 488 g/mol. The maximum absolute atomic E-state index is 13.9. The number of aliphatic hydroxyl groups is 1. The number of thioether (sulfide) groups is 1. The van der Waals surface area contributed by atoms with E-state index in [9.17, 15) is 14.4 Å². The van der Waals surface area contributed by atoms with Gasteiger partial charge in [0.15, 0.2) is 0 Å². The fourth-order valence-corrected chi connectivity index (χ4v) is 8.90. The van der Waals surface area contributed by atoms with Crippen LogP contribution in [0.5, 0.6) is 0 Å². The zero-order valence-electron chi connectivity index (χ0n) is 20.6. The minimum atomic E-state index is -0.695. The number of hydrogen-bond acceptors (Lipinski definition) is 6. The maximum atomic E-state index is 13.9. The summed E-state index contributed by atoms with van der Waals surface area (Å²) in [6, 6.07) is 4.76. The zero-order chi connectivity index (χ0) is 25.4. The lowest BCUT2D eigenvalue weighted by Gasteiger charge is -2.34. The van der Waals surface area contributed by atoms with Crippen LogP contribution in [0, 0.1) is 18.8 Å². The number of fused-ring (bicyclic) bond motifs is 1. The monoisotopic (exact) mass is 522 g/mol. The molecule has 35 heavy (non-hydrogen) atoms. The molecule has 2 N–H and O–H groups in total. The molecule has 0 saturated carbocycles. The average molecular weight is 523 g/mol. The van der Waals surface area contributed by atoms with Gasteiger partial charge in [0, 0.05) is 17.9 Å². The molecule has 3 saturated heterocycles. The van der Waals surface area contributed by atoms with Gasteiger partial charge < -0.3 is 20.1 Å². The number of ether oxygens (including phenoxy) is 1. The quantitative estimate of drug-likeness (QED) is 0.353. The molecule has 3 aliphatic heterocycles. The van der Waals surface area contributed by atoms with Crippen LogP contribution in [-0.2, 0) is 19.1 Å². The maximum Gasteiger partial charge on any atom is 0.311 e. The smallest absolute Gasteiger partial charge is 0.311 e. The highest BCUT2D eigenvalue weighted by Gasteiger charge is 2.77. The Morgan fingerprint density at radius 2 is 2.00 bits per heavy atom. The van der Waals surface area contributed by atoms with Crippen molar-refractivity contribution in [2.24, 2.45) is 11.8 Å². The van der Waals surface area contributed by atoms with Crippen LogP contribution in [0.4, 0.5) is 5.69 Å². The summed E-state index contributed by atoms with van der Waals surface area (Å²) in [6.45, 7) is 6.53. The number of carbonyl (C=O) groups is 3. The Balaban J connectivity index is 1.67. The molecule has 1 aromatic rings. The van der Waals surface area contributed by atoms with Crippen molar-refractivity contribution in [3.63, 3.8) is 0 Å². The number of halogens is 1. The van der Waals surface area contributed by atoms with E-state index >= 15 is 0 Å². The van der Waals surface area contributed by atoms with Crippen molar-refractivity contribution in [2.75, 3.05) is 25.1 Å². The SMILES string of the molecule is CCOC(=O)[C@@H]1[C@H]2C(=O)N(CCCCCCO)C(C(=O)Nc3c(C)cccc3Cl)C23CC[C@@]1(C)S3. The largest absolute Gasteiger partial charge is 0.466 e. The predicted molar refractivity (Wildman–Crippen MR) is 137 cm³/mol. The van der Waals surface area contributed by atoms with Gasteiger partial charge in [0.2, 0.25) is 11.8 Å². The summed E-state index contributed by atoms with van der Waals surface area (Å²) < 4.78 is 4.31. The van der Waals surface area contributed by atoms with Gasteiger partial charge in [-0.15, -0.1) is 11.8 Å². The second-order valence-corrected chi connectivity index (χ2v) is 12.4. The fourth-order valence-electron chi connectivity index (χ4n) is 6.29. The summed E-state index contributed by atoms with van der Waals surface area (Å²) in [7, 11) is 0. The van der Waals surface area contributed by atoms with E-state index in [0.717, 1.165) is 37.7 Å². The number of para-hydroxylation sites is 1. The molecule has 192 valence electrons. The van der Waals surface area contributed by atoms with Crippen molar-refractivity contribution in [1.29, 1.82) is 0 Å². The third-order valence-corrected chi connectivity index (χ3v) is 10.1. The number of likely N-dealkylation sites (tertiary alicyclic amines) is 1. The Bertz CT molecular complexity index is 986. The van der Waals surface area contributed by atoms with Crippen LogP contribution in [0.3, 0.4) is 0 Å². The van der Waals surface area contributed by atoms with E-state index in [1.54, 1.807) is 29.7 Å². The normalized spacial score (nSPS) is 31.1. The highest BCUT2D eigenvalue weighted by Crippen LogP contribution is 2.71. The number of rotatable bonds is 10. The topological polar surface area (TPSA) is 95.9 Å². The van der Waals surface area contributed by atoms with Crippen LogP contribution in [0.15, 0.2) is 18.2 Å². The third-order valence-electron chi connectivity index (χ3n) is 7.84.